The minimum absolute atomic E-state index is 0.00252. The maximum absolute atomic E-state index is 13.1. The van der Waals surface area contributed by atoms with Gasteiger partial charge >= 0.3 is 17.9 Å². The van der Waals surface area contributed by atoms with E-state index in [4.69, 9.17) is 18.9 Å². The fraction of sp³-hybridized carbons (Fsp3) is 0.0833. The molecule has 0 aliphatic heterocycles. The van der Waals surface area contributed by atoms with Crippen LogP contribution in [0.2, 0.25) is 0 Å². The fourth-order valence-electron chi connectivity index (χ4n) is 3.85. The second-order valence-electron chi connectivity index (χ2n) is 9.65. The van der Waals surface area contributed by atoms with Crippen LogP contribution in [0, 0.1) is 6.92 Å². The van der Waals surface area contributed by atoms with Crippen molar-refractivity contribution in [3.05, 3.63) is 139 Å². The van der Waals surface area contributed by atoms with Gasteiger partial charge in [0, 0.05) is 18.2 Å². The van der Waals surface area contributed by atoms with Crippen molar-refractivity contribution in [3.63, 3.8) is 0 Å². The van der Waals surface area contributed by atoms with Gasteiger partial charge in [0.05, 0.1) is 9.79 Å². The Morgan fingerprint density at radius 3 is 1.50 bits per heavy atom. The average Bonchev–Trinajstić information content (AvgIpc) is 3.06. The monoisotopic (exact) mass is 638 g/mol. The van der Waals surface area contributed by atoms with Crippen molar-refractivity contribution in [2.24, 2.45) is 0 Å². The van der Waals surface area contributed by atoms with Crippen molar-refractivity contribution in [1.29, 1.82) is 0 Å². The number of esters is 3. The summed E-state index contributed by atoms with van der Waals surface area (Å²) in [6.07, 6.45) is 6.79. The van der Waals surface area contributed by atoms with Crippen LogP contribution < -0.4 is 14.2 Å². The zero-order chi connectivity index (χ0) is 32.9. The summed E-state index contributed by atoms with van der Waals surface area (Å²) in [5, 5.41) is 0. The van der Waals surface area contributed by atoms with Crippen LogP contribution in [0.1, 0.15) is 16.7 Å². The van der Waals surface area contributed by atoms with Gasteiger partial charge in [0.2, 0.25) is 9.84 Å². The van der Waals surface area contributed by atoms with Crippen LogP contribution in [0.25, 0.3) is 12.2 Å². The fourth-order valence-corrected chi connectivity index (χ4v) is 5.11. The SMILES string of the molecule is C=CC(=O)OCCOc1ccc(C=CC(=O)Oc2ccc(S(=O)(=O)c3ccc(OC(=O)C=Cc4ccc(C)cc4)cc3)cc2)cc1. The van der Waals surface area contributed by atoms with Crippen LogP contribution in [0.5, 0.6) is 17.2 Å². The Bertz CT molecular complexity index is 1840. The summed E-state index contributed by atoms with van der Waals surface area (Å²) in [7, 11) is -3.89. The van der Waals surface area contributed by atoms with Crippen LogP contribution in [0.15, 0.2) is 132 Å². The van der Waals surface area contributed by atoms with Crippen LogP contribution in [-0.2, 0) is 29.0 Å². The number of hydrogen-bond acceptors (Lipinski definition) is 9. The van der Waals surface area contributed by atoms with Crippen molar-refractivity contribution < 1.29 is 41.7 Å². The van der Waals surface area contributed by atoms with Gasteiger partial charge < -0.3 is 18.9 Å². The Kier molecular flexibility index (Phi) is 11.4. The van der Waals surface area contributed by atoms with Crippen LogP contribution in [0.4, 0.5) is 0 Å². The maximum atomic E-state index is 13.1. The molecule has 4 rings (SSSR count). The minimum Gasteiger partial charge on any atom is -0.490 e. The smallest absolute Gasteiger partial charge is 0.336 e. The molecule has 0 aliphatic rings. The van der Waals surface area contributed by atoms with Crippen LogP contribution >= 0.6 is 0 Å². The third-order valence-corrected chi connectivity index (χ3v) is 8.03. The second-order valence-corrected chi connectivity index (χ2v) is 11.6. The summed E-state index contributed by atoms with van der Waals surface area (Å²) in [4.78, 5) is 35.5. The Labute approximate surface area is 266 Å². The predicted octanol–water partition coefficient (Wildman–Crippen LogP) is 6.17. The molecule has 0 spiro atoms. The number of carbonyl (C=O) groups is 3. The van der Waals surface area contributed by atoms with Gasteiger partial charge in [-0.15, -0.1) is 0 Å². The van der Waals surface area contributed by atoms with E-state index in [2.05, 4.69) is 6.58 Å². The van der Waals surface area contributed by atoms with E-state index in [1.807, 2.05) is 31.2 Å². The van der Waals surface area contributed by atoms with E-state index in [1.165, 1.54) is 60.7 Å². The molecule has 4 aromatic rings. The molecule has 0 atom stereocenters. The molecule has 0 aliphatic carbocycles. The number of hydrogen-bond donors (Lipinski definition) is 0. The van der Waals surface area contributed by atoms with Crippen molar-refractivity contribution in [3.8, 4) is 17.2 Å². The lowest BCUT2D eigenvalue weighted by molar-refractivity contribution is -0.138. The number of benzene rings is 4. The first-order valence-electron chi connectivity index (χ1n) is 14.0. The minimum atomic E-state index is -3.89. The summed E-state index contributed by atoms with van der Waals surface area (Å²) in [5.41, 5.74) is 2.66. The zero-order valence-electron chi connectivity index (χ0n) is 24.8. The molecule has 0 saturated carbocycles. The van der Waals surface area contributed by atoms with Crippen molar-refractivity contribution >= 4 is 39.9 Å². The van der Waals surface area contributed by atoms with Gasteiger partial charge in [-0.1, -0.05) is 48.5 Å². The standard InChI is InChI=1S/C36H30O9S/c1-3-34(37)43-25-24-42-29-12-8-28(9-13-29)11-23-36(39)45-31-16-20-33(21-17-31)46(40,41)32-18-14-30(15-19-32)44-35(38)22-10-27-6-4-26(2)5-7-27/h3-23H,1,24-25H2,2H3. The molecule has 4 aromatic carbocycles. The molecule has 0 N–H and O–H groups in total. The lowest BCUT2D eigenvalue weighted by atomic mass is 10.1. The van der Waals surface area contributed by atoms with E-state index in [1.54, 1.807) is 36.4 Å². The topological polar surface area (TPSA) is 122 Å². The molecule has 46 heavy (non-hydrogen) atoms. The molecule has 0 heterocycles. The summed E-state index contributed by atoms with van der Waals surface area (Å²) in [6, 6.07) is 25.4. The maximum Gasteiger partial charge on any atom is 0.336 e. The zero-order valence-corrected chi connectivity index (χ0v) is 25.6. The molecule has 0 saturated heterocycles. The van der Waals surface area contributed by atoms with Gasteiger partial charge in [-0.2, -0.15) is 0 Å². The lowest BCUT2D eigenvalue weighted by Gasteiger charge is -2.07. The highest BCUT2D eigenvalue weighted by molar-refractivity contribution is 7.91. The van der Waals surface area contributed by atoms with Gasteiger partial charge in [0.15, 0.2) is 0 Å². The molecule has 0 radical (unpaired) electrons. The second kappa shape index (κ2) is 15.8. The summed E-state index contributed by atoms with van der Waals surface area (Å²) in [5.74, 6) is -0.856. The van der Waals surface area contributed by atoms with Gasteiger partial charge in [-0.3, -0.25) is 0 Å². The first kappa shape index (κ1) is 33.2. The van der Waals surface area contributed by atoms with E-state index in [0.29, 0.717) is 11.3 Å². The normalized spacial score (nSPS) is 11.2. The summed E-state index contributed by atoms with van der Waals surface area (Å²) in [6.45, 7) is 5.55. The van der Waals surface area contributed by atoms with Gasteiger partial charge in [0.25, 0.3) is 0 Å². The quantitative estimate of drug-likeness (QED) is 0.0732. The van der Waals surface area contributed by atoms with E-state index >= 15 is 0 Å². The van der Waals surface area contributed by atoms with Gasteiger partial charge in [0.1, 0.15) is 30.5 Å². The van der Waals surface area contributed by atoms with Crippen molar-refractivity contribution in [2.45, 2.75) is 16.7 Å². The Morgan fingerprint density at radius 2 is 1.04 bits per heavy atom. The molecule has 9 nitrogen and oxygen atoms in total. The molecule has 0 amide bonds. The molecule has 0 aromatic heterocycles. The van der Waals surface area contributed by atoms with Crippen molar-refractivity contribution in [1.82, 2.24) is 0 Å². The first-order valence-corrected chi connectivity index (χ1v) is 15.4. The van der Waals surface area contributed by atoms with E-state index in [9.17, 15) is 22.8 Å². The van der Waals surface area contributed by atoms with E-state index in [-0.39, 0.29) is 34.5 Å². The Hall–Kier alpha value is -5.74. The number of rotatable bonds is 13. The van der Waals surface area contributed by atoms with Crippen LogP contribution in [-0.4, -0.2) is 39.5 Å². The first-order chi connectivity index (χ1) is 22.1. The van der Waals surface area contributed by atoms with E-state index in [0.717, 1.165) is 17.2 Å². The van der Waals surface area contributed by atoms with E-state index < -0.39 is 27.7 Å². The van der Waals surface area contributed by atoms with Crippen LogP contribution in [0.3, 0.4) is 0 Å². The number of carbonyl (C=O) groups excluding carboxylic acids is 3. The number of sulfone groups is 1. The molecule has 0 fully saturated rings. The van der Waals surface area contributed by atoms with Crippen molar-refractivity contribution in [2.75, 3.05) is 13.2 Å². The molecule has 234 valence electrons. The highest BCUT2D eigenvalue weighted by Crippen LogP contribution is 2.25. The molecular weight excluding hydrogens is 608 g/mol. The number of aryl methyl sites for hydroxylation is 1. The summed E-state index contributed by atoms with van der Waals surface area (Å²) >= 11 is 0. The number of ether oxygens (including phenoxy) is 4. The molecule has 10 heteroatoms. The Balaban J connectivity index is 1.27. The highest BCUT2D eigenvalue weighted by atomic mass is 32.2. The third kappa shape index (κ3) is 9.90. The Morgan fingerprint density at radius 1 is 0.609 bits per heavy atom. The lowest BCUT2D eigenvalue weighted by Crippen LogP contribution is -2.10. The van der Waals surface area contributed by atoms with Gasteiger partial charge in [-0.25, -0.2) is 22.8 Å². The highest BCUT2D eigenvalue weighted by Gasteiger charge is 2.18. The molecular formula is C36H30O9S. The van der Waals surface area contributed by atoms with Gasteiger partial charge in [-0.05, 0) is 90.9 Å². The summed E-state index contributed by atoms with van der Waals surface area (Å²) < 4.78 is 47.1. The largest absolute Gasteiger partial charge is 0.490 e. The third-order valence-electron chi connectivity index (χ3n) is 6.25. The average molecular weight is 639 g/mol. The molecule has 0 unspecified atom stereocenters. The predicted molar refractivity (Wildman–Crippen MR) is 172 cm³/mol. The molecule has 0 bridgehead atoms.